The van der Waals surface area contributed by atoms with E-state index >= 15 is 0 Å². The lowest BCUT2D eigenvalue weighted by molar-refractivity contribution is 0.0289. The van der Waals surface area contributed by atoms with E-state index in [1.807, 2.05) is 5.38 Å². The van der Waals surface area contributed by atoms with E-state index in [0.29, 0.717) is 12.1 Å². The Balaban J connectivity index is 1.63. The molecule has 0 amide bonds. The average Bonchev–Trinajstić information content (AvgIpc) is 2.81. The highest BCUT2D eigenvalue weighted by molar-refractivity contribution is 7.07. The van der Waals surface area contributed by atoms with Crippen LogP contribution in [0.3, 0.4) is 0 Å². The number of nitrogens with zero attached hydrogens (tertiary/aromatic N) is 1. The van der Waals surface area contributed by atoms with Crippen LogP contribution < -0.4 is 10.2 Å². The number of H-pyrrole nitrogens is 1. The zero-order chi connectivity index (χ0) is 14.1. The van der Waals surface area contributed by atoms with Crippen LogP contribution in [-0.4, -0.2) is 35.1 Å². The van der Waals surface area contributed by atoms with Crippen molar-refractivity contribution in [2.75, 3.05) is 13.1 Å². The summed E-state index contributed by atoms with van der Waals surface area (Å²) in [7, 11) is 0. The first-order chi connectivity index (χ1) is 9.63. The van der Waals surface area contributed by atoms with Gasteiger partial charge in [0.1, 0.15) is 0 Å². The van der Waals surface area contributed by atoms with Crippen LogP contribution in [0.4, 0.5) is 0 Å². The van der Waals surface area contributed by atoms with Gasteiger partial charge in [-0.3, -0.25) is 4.79 Å². The van der Waals surface area contributed by atoms with Gasteiger partial charge in [-0.05, 0) is 38.5 Å². The quantitative estimate of drug-likeness (QED) is 0.893. The molecular formula is C15H25N3OS. The summed E-state index contributed by atoms with van der Waals surface area (Å²) >= 11 is 1.26. The van der Waals surface area contributed by atoms with Gasteiger partial charge in [0.05, 0.1) is 0 Å². The number of aromatic nitrogens is 1. The summed E-state index contributed by atoms with van der Waals surface area (Å²) in [4.78, 5) is 16.8. The third kappa shape index (κ3) is 3.00. The van der Waals surface area contributed by atoms with Crippen LogP contribution in [-0.2, 0) is 6.54 Å². The van der Waals surface area contributed by atoms with E-state index in [4.69, 9.17) is 0 Å². The van der Waals surface area contributed by atoms with E-state index in [2.05, 4.69) is 29.0 Å². The minimum absolute atomic E-state index is 0.0524. The van der Waals surface area contributed by atoms with Crippen LogP contribution in [0.5, 0.6) is 0 Å². The van der Waals surface area contributed by atoms with Crippen molar-refractivity contribution >= 4 is 11.3 Å². The Morgan fingerprint density at radius 2 is 2.10 bits per heavy atom. The molecule has 1 aliphatic heterocycles. The summed E-state index contributed by atoms with van der Waals surface area (Å²) in [5.41, 5.74) is 1.03. The van der Waals surface area contributed by atoms with Gasteiger partial charge < -0.3 is 15.2 Å². The lowest BCUT2D eigenvalue weighted by Gasteiger charge is -2.49. The van der Waals surface area contributed by atoms with Crippen molar-refractivity contribution < 1.29 is 0 Å². The summed E-state index contributed by atoms with van der Waals surface area (Å²) in [6, 6.07) is 1.29. The monoisotopic (exact) mass is 295 g/mol. The molecule has 5 heteroatoms. The maximum Gasteiger partial charge on any atom is 0.304 e. The average molecular weight is 295 g/mol. The van der Waals surface area contributed by atoms with Crippen LogP contribution >= 0.6 is 11.3 Å². The Hall–Kier alpha value is -0.650. The van der Waals surface area contributed by atoms with Crippen LogP contribution in [0, 0.1) is 11.8 Å². The molecule has 20 heavy (non-hydrogen) atoms. The summed E-state index contributed by atoms with van der Waals surface area (Å²) in [5.74, 6) is 1.55. The number of hydrogen-bond acceptors (Lipinski definition) is 4. The van der Waals surface area contributed by atoms with Gasteiger partial charge in [-0.1, -0.05) is 17.8 Å². The van der Waals surface area contributed by atoms with E-state index in [1.165, 1.54) is 43.7 Å². The smallest absolute Gasteiger partial charge is 0.304 e. The van der Waals surface area contributed by atoms with Gasteiger partial charge in [0.25, 0.3) is 0 Å². The molecule has 1 aliphatic carbocycles. The predicted octanol–water partition coefficient (Wildman–Crippen LogP) is 2.03. The molecule has 2 heterocycles. The molecule has 4 nitrogen and oxygen atoms in total. The van der Waals surface area contributed by atoms with E-state index in [0.717, 1.165) is 24.1 Å². The maximum absolute atomic E-state index is 11.2. The maximum atomic E-state index is 11.2. The number of hydrogen-bond donors (Lipinski definition) is 2. The molecule has 1 aromatic heterocycles. The van der Waals surface area contributed by atoms with Crippen molar-refractivity contribution in [1.82, 2.24) is 15.2 Å². The fourth-order valence-corrected chi connectivity index (χ4v) is 4.44. The number of thiazole rings is 1. The fraction of sp³-hybridized carbons (Fsp3) is 0.800. The normalized spacial score (nSPS) is 30.9. The first-order valence-corrected chi connectivity index (χ1v) is 8.65. The topological polar surface area (TPSA) is 48.1 Å². The Morgan fingerprint density at radius 1 is 1.40 bits per heavy atom. The van der Waals surface area contributed by atoms with Crippen LogP contribution in [0.1, 0.15) is 38.8 Å². The van der Waals surface area contributed by atoms with Crippen molar-refractivity contribution in [3.05, 3.63) is 20.7 Å². The molecule has 1 aromatic rings. The number of rotatable bonds is 4. The number of likely N-dealkylation sites (tertiary alicyclic amines) is 1. The standard InChI is InChI=1S/C15H25N3OS/c1-10(2)18-7-11-4-3-5-12(8-18)14(11)16-6-13-9-20-15(19)17-13/h9-12,14,16H,3-8H2,1-2H3,(H,17,19). The van der Waals surface area contributed by atoms with Crippen molar-refractivity contribution in [2.24, 2.45) is 11.8 Å². The molecule has 112 valence electrons. The second kappa shape index (κ2) is 6.00. The highest BCUT2D eigenvalue weighted by Gasteiger charge is 2.39. The lowest BCUT2D eigenvalue weighted by atomic mass is 9.73. The minimum Gasteiger partial charge on any atom is -0.315 e. The minimum atomic E-state index is 0.0524. The first kappa shape index (κ1) is 14.3. The molecule has 0 radical (unpaired) electrons. The van der Waals surface area contributed by atoms with Crippen LogP contribution in [0.25, 0.3) is 0 Å². The van der Waals surface area contributed by atoms with Crippen molar-refractivity contribution in [2.45, 2.75) is 51.7 Å². The van der Waals surface area contributed by atoms with Crippen molar-refractivity contribution in [3.63, 3.8) is 0 Å². The number of piperidine rings is 1. The van der Waals surface area contributed by atoms with Gasteiger partial charge in [-0.15, -0.1) is 0 Å². The number of nitrogens with one attached hydrogen (secondary N) is 2. The summed E-state index contributed by atoms with van der Waals surface area (Å²) in [6.45, 7) is 7.87. The van der Waals surface area contributed by atoms with E-state index in [-0.39, 0.29) is 4.87 Å². The van der Waals surface area contributed by atoms with Gasteiger partial charge in [-0.25, -0.2) is 0 Å². The van der Waals surface area contributed by atoms with Gasteiger partial charge in [0.15, 0.2) is 0 Å². The summed E-state index contributed by atoms with van der Waals surface area (Å²) < 4.78 is 0. The Labute approximate surface area is 124 Å². The summed E-state index contributed by atoms with van der Waals surface area (Å²) in [5, 5.41) is 5.66. The van der Waals surface area contributed by atoms with Crippen LogP contribution in [0.15, 0.2) is 10.2 Å². The third-order valence-corrected chi connectivity index (χ3v) is 5.65. The Kier molecular flexibility index (Phi) is 4.29. The molecule has 3 rings (SSSR count). The molecule has 2 unspecified atom stereocenters. The number of fused-ring (bicyclic) bond motifs is 2. The van der Waals surface area contributed by atoms with Gasteiger partial charge >= 0.3 is 4.87 Å². The first-order valence-electron chi connectivity index (χ1n) is 7.77. The number of aromatic amines is 1. The molecule has 2 fully saturated rings. The van der Waals surface area contributed by atoms with E-state index in [1.54, 1.807) is 0 Å². The fourth-order valence-electron chi connectivity index (χ4n) is 3.86. The zero-order valence-corrected chi connectivity index (χ0v) is 13.2. The summed E-state index contributed by atoms with van der Waals surface area (Å²) in [6.07, 6.45) is 4.07. The van der Waals surface area contributed by atoms with Gasteiger partial charge in [0, 0.05) is 42.8 Å². The molecule has 2 bridgehead atoms. The van der Waals surface area contributed by atoms with E-state index < -0.39 is 0 Å². The lowest BCUT2D eigenvalue weighted by Crippen LogP contribution is -2.58. The molecule has 1 saturated heterocycles. The van der Waals surface area contributed by atoms with Crippen LogP contribution in [0.2, 0.25) is 0 Å². The molecule has 1 saturated carbocycles. The Bertz CT molecular complexity index is 481. The van der Waals surface area contributed by atoms with Gasteiger partial charge in [0.2, 0.25) is 0 Å². The highest BCUT2D eigenvalue weighted by Crippen LogP contribution is 2.35. The van der Waals surface area contributed by atoms with Crippen molar-refractivity contribution in [3.8, 4) is 0 Å². The SMILES string of the molecule is CC(C)N1CC2CCCC(C1)C2NCc1csc(=O)[nH]1. The molecule has 2 N–H and O–H groups in total. The third-order valence-electron chi connectivity index (χ3n) is 4.93. The Morgan fingerprint density at radius 3 is 2.65 bits per heavy atom. The highest BCUT2D eigenvalue weighted by atomic mass is 32.1. The van der Waals surface area contributed by atoms with Crippen molar-refractivity contribution in [1.29, 1.82) is 0 Å². The molecule has 0 aromatic carbocycles. The second-order valence-electron chi connectivity index (χ2n) is 6.58. The largest absolute Gasteiger partial charge is 0.315 e. The molecule has 0 spiro atoms. The molecule has 2 atom stereocenters. The van der Waals surface area contributed by atoms with Gasteiger partial charge in [-0.2, -0.15) is 0 Å². The zero-order valence-electron chi connectivity index (χ0n) is 12.4. The predicted molar refractivity (Wildman–Crippen MR) is 83.1 cm³/mol. The molecular weight excluding hydrogens is 270 g/mol. The van der Waals surface area contributed by atoms with E-state index in [9.17, 15) is 4.79 Å². The second-order valence-corrected chi connectivity index (χ2v) is 7.42. The molecule has 2 aliphatic rings.